The molecule has 0 aromatic carbocycles. The molecular formula is C10H10N4O3. The highest BCUT2D eigenvalue weighted by Crippen LogP contribution is 2.02. The summed E-state index contributed by atoms with van der Waals surface area (Å²) in [7, 11) is 1.70. The molecule has 2 rings (SSSR count). The van der Waals surface area contributed by atoms with Crippen molar-refractivity contribution in [1.29, 1.82) is 0 Å². The van der Waals surface area contributed by atoms with Gasteiger partial charge in [-0.2, -0.15) is 5.10 Å². The second kappa shape index (κ2) is 4.20. The van der Waals surface area contributed by atoms with Crippen LogP contribution >= 0.6 is 0 Å². The van der Waals surface area contributed by atoms with Crippen molar-refractivity contribution in [2.45, 2.75) is 6.54 Å². The largest absolute Gasteiger partial charge is 0.478 e. The molecule has 2 aromatic heterocycles. The molecule has 0 aliphatic heterocycles. The van der Waals surface area contributed by atoms with Gasteiger partial charge in [-0.25, -0.2) is 9.78 Å². The first-order valence-corrected chi connectivity index (χ1v) is 4.86. The van der Waals surface area contributed by atoms with Gasteiger partial charge in [0.25, 0.3) is 5.56 Å². The maximum atomic E-state index is 11.9. The number of hydrogen-bond donors (Lipinski definition) is 1. The average molecular weight is 234 g/mol. The highest BCUT2D eigenvalue weighted by molar-refractivity contribution is 5.79. The van der Waals surface area contributed by atoms with Crippen LogP contribution in [0.15, 0.2) is 29.5 Å². The summed E-state index contributed by atoms with van der Waals surface area (Å²) in [5.41, 5.74) is 0.270. The summed E-state index contributed by atoms with van der Waals surface area (Å²) in [5, 5.41) is 12.8. The smallest absolute Gasteiger partial charge is 0.328 e. The van der Waals surface area contributed by atoms with E-state index >= 15 is 0 Å². The van der Waals surface area contributed by atoms with E-state index in [4.69, 9.17) is 5.11 Å². The molecule has 88 valence electrons. The number of aryl methyl sites for hydroxylation is 1. The molecule has 0 aliphatic rings. The first-order chi connectivity index (χ1) is 8.09. The normalized spacial score (nSPS) is 11.4. The second-order valence-corrected chi connectivity index (χ2v) is 3.45. The van der Waals surface area contributed by atoms with E-state index in [2.05, 4.69) is 10.1 Å². The van der Waals surface area contributed by atoms with Gasteiger partial charge in [-0.05, 0) is 0 Å². The van der Waals surface area contributed by atoms with Gasteiger partial charge in [0.2, 0.25) is 0 Å². The van der Waals surface area contributed by atoms with Gasteiger partial charge in [-0.1, -0.05) is 6.08 Å². The Balaban J connectivity index is 2.40. The number of carboxylic acid groups (broad SMARTS) is 1. The number of carbonyl (C=O) groups is 1. The zero-order valence-corrected chi connectivity index (χ0v) is 9.07. The molecule has 0 fully saturated rings. The summed E-state index contributed by atoms with van der Waals surface area (Å²) >= 11 is 0. The van der Waals surface area contributed by atoms with E-state index < -0.39 is 5.97 Å². The van der Waals surface area contributed by atoms with Crippen LogP contribution in [-0.2, 0) is 18.4 Å². The first-order valence-electron chi connectivity index (χ1n) is 4.86. The Morgan fingerprint density at radius 3 is 3.06 bits per heavy atom. The second-order valence-electron chi connectivity index (χ2n) is 3.45. The quantitative estimate of drug-likeness (QED) is 0.741. The molecule has 0 amide bonds. The van der Waals surface area contributed by atoms with Crippen LogP contribution in [-0.4, -0.2) is 30.4 Å². The number of nitrogens with zero attached hydrogens (tertiary/aromatic N) is 4. The topological polar surface area (TPSA) is 90.0 Å². The number of allylic oxidation sites excluding steroid dienone is 1. The standard InChI is InChI=1S/C10H10N4O3/c1-13-9-7(5-12-13)10(17)14(6-11-9)4-2-3-8(15)16/h2-3,5-6H,4H2,1H3,(H,15,16). The van der Waals surface area contributed by atoms with Crippen LogP contribution in [0.25, 0.3) is 11.0 Å². The molecule has 0 atom stereocenters. The van der Waals surface area contributed by atoms with Crippen LogP contribution in [0.2, 0.25) is 0 Å². The fraction of sp³-hybridized carbons (Fsp3) is 0.200. The van der Waals surface area contributed by atoms with Crippen molar-refractivity contribution in [2.75, 3.05) is 0 Å². The van der Waals surface area contributed by atoms with E-state index in [-0.39, 0.29) is 12.1 Å². The van der Waals surface area contributed by atoms with Gasteiger partial charge in [-0.3, -0.25) is 14.0 Å². The van der Waals surface area contributed by atoms with Crippen LogP contribution in [0, 0.1) is 0 Å². The van der Waals surface area contributed by atoms with Crippen molar-refractivity contribution in [3.05, 3.63) is 35.0 Å². The van der Waals surface area contributed by atoms with Crippen molar-refractivity contribution >= 4 is 17.0 Å². The summed E-state index contributed by atoms with van der Waals surface area (Å²) < 4.78 is 2.83. The summed E-state index contributed by atoms with van der Waals surface area (Å²) in [6.45, 7) is 0.170. The number of hydrogen-bond acceptors (Lipinski definition) is 4. The van der Waals surface area contributed by atoms with Crippen LogP contribution in [0.1, 0.15) is 0 Å². The van der Waals surface area contributed by atoms with Crippen molar-refractivity contribution in [3.8, 4) is 0 Å². The van der Waals surface area contributed by atoms with Gasteiger partial charge >= 0.3 is 5.97 Å². The molecule has 0 radical (unpaired) electrons. The van der Waals surface area contributed by atoms with E-state index in [0.717, 1.165) is 6.08 Å². The fourth-order valence-corrected chi connectivity index (χ4v) is 1.46. The van der Waals surface area contributed by atoms with Crippen molar-refractivity contribution in [1.82, 2.24) is 19.3 Å². The molecule has 0 bridgehead atoms. The third-order valence-corrected chi connectivity index (χ3v) is 2.28. The van der Waals surface area contributed by atoms with E-state index in [1.807, 2.05) is 0 Å². The third kappa shape index (κ3) is 2.07. The molecule has 0 saturated heterocycles. The zero-order valence-electron chi connectivity index (χ0n) is 9.07. The number of carboxylic acids is 1. The van der Waals surface area contributed by atoms with Crippen LogP contribution in [0.4, 0.5) is 0 Å². The number of rotatable bonds is 3. The van der Waals surface area contributed by atoms with E-state index in [9.17, 15) is 9.59 Å². The molecule has 7 heteroatoms. The Hall–Kier alpha value is -2.44. The Morgan fingerprint density at radius 2 is 2.35 bits per heavy atom. The van der Waals surface area contributed by atoms with Crippen molar-refractivity contribution in [2.24, 2.45) is 7.05 Å². The van der Waals surface area contributed by atoms with Crippen LogP contribution < -0.4 is 5.56 Å². The molecule has 0 spiro atoms. The van der Waals surface area contributed by atoms with Crippen molar-refractivity contribution in [3.63, 3.8) is 0 Å². The zero-order chi connectivity index (χ0) is 12.4. The summed E-state index contributed by atoms with van der Waals surface area (Å²) in [6, 6.07) is 0. The fourth-order valence-electron chi connectivity index (χ4n) is 1.46. The monoisotopic (exact) mass is 234 g/mol. The highest BCUT2D eigenvalue weighted by atomic mass is 16.4. The molecule has 17 heavy (non-hydrogen) atoms. The lowest BCUT2D eigenvalue weighted by Crippen LogP contribution is -2.19. The average Bonchev–Trinajstić information content (AvgIpc) is 2.64. The SMILES string of the molecule is Cn1ncc2c(=O)n(CC=CC(=O)O)cnc21. The Labute approximate surface area is 95.6 Å². The molecule has 0 saturated carbocycles. The third-order valence-electron chi connectivity index (χ3n) is 2.28. The predicted molar refractivity (Wildman–Crippen MR) is 59.5 cm³/mol. The minimum atomic E-state index is -1.05. The highest BCUT2D eigenvalue weighted by Gasteiger charge is 2.06. The molecule has 1 N–H and O–H groups in total. The lowest BCUT2D eigenvalue weighted by Gasteiger charge is -2.00. The lowest BCUT2D eigenvalue weighted by atomic mass is 10.4. The Bertz CT molecular complexity index is 653. The first kappa shape index (κ1) is 11.1. The van der Waals surface area contributed by atoms with Gasteiger partial charge in [-0.15, -0.1) is 0 Å². The van der Waals surface area contributed by atoms with E-state index in [0.29, 0.717) is 11.0 Å². The van der Waals surface area contributed by atoms with Gasteiger partial charge in [0.1, 0.15) is 11.7 Å². The summed E-state index contributed by atoms with van der Waals surface area (Å²) in [5.74, 6) is -1.05. The molecule has 2 heterocycles. The van der Waals surface area contributed by atoms with Gasteiger partial charge in [0, 0.05) is 19.7 Å². The van der Waals surface area contributed by atoms with E-state index in [1.54, 1.807) is 7.05 Å². The predicted octanol–water partition coefficient (Wildman–Crippen LogP) is -0.229. The van der Waals surface area contributed by atoms with Gasteiger partial charge < -0.3 is 5.11 Å². The maximum Gasteiger partial charge on any atom is 0.328 e. The maximum absolute atomic E-state index is 11.9. The molecule has 2 aromatic rings. The molecule has 0 aliphatic carbocycles. The molecule has 7 nitrogen and oxygen atoms in total. The minimum Gasteiger partial charge on any atom is -0.478 e. The minimum absolute atomic E-state index is 0.170. The van der Waals surface area contributed by atoms with E-state index in [1.165, 1.54) is 27.8 Å². The Kier molecular flexibility index (Phi) is 2.73. The molecule has 0 unspecified atom stereocenters. The summed E-state index contributed by atoms with van der Waals surface area (Å²) in [6.07, 6.45) is 5.19. The van der Waals surface area contributed by atoms with Crippen molar-refractivity contribution < 1.29 is 9.90 Å². The lowest BCUT2D eigenvalue weighted by molar-refractivity contribution is -0.131. The number of fused-ring (bicyclic) bond motifs is 1. The summed E-state index contributed by atoms with van der Waals surface area (Å²) in [4.78, 5) is 26.3. The van der Waals surface area contributed by atoms with Gasteiger partial charge in [0.05, 0.1) is 6.20 Å². The molecular weight excluding hydrogens is 224 g/mol. The van der Waals surface area contributed by atoms with Gasteiger partial charge in [0.15, 0.2) is 5.65 Å². The number of aliphatic carboxylic acids is 1. The van der Waals surface area contributed by atoms with Crippen LogP contribution in [0.5, 0.6) is 0 Å². The number of aromatic nitrogens is 4. The Morgan fingerprint density at radius 1 is 1.59 bits per heavy atom. The van der Waals surface area contributed by atoms with Crippen LogP contribution in [0.3, 0.4) is 0 Å².